The number of carbonyl (C=O) groups excluding carboxylic acids is 1. The summed E-state index contributed by atoms with van der Waals surface area (Å²) in [6.45, 7) is 0.876. The monoisotopic (exact) mass is 378 g/mol. The number of para-hydroxylation sites is 2. The number of fused-ring (bicyclic) bond motifs is 1. The van der Waals surface area contributed by atoms with Crippen molar-refractivity contribution in [2.24, 2.45) is 0 Å². The maximum absolute atomic E-state index is 12.6. The van der Waals surface area contributed by atoms with Crippen molar-refractivity contribution >= 4 is 23.0 Å². The van der Waals surface area contributed by atoms with E-state index >= 15 is 0 Å². The molecule has 1 aromatic heterocycles. The van der Waals surface area contributed by atoms with Gasteiger partial charge in [-0.05, 0) is 30.5 Å². The minimum Gasteiger partial charge on any atom is -0.481 e. The van der Waals surface area contributed by atoms with Crippen molar-refractivity contribution < 1.29 is 19.1 Å². The number of hydrogen-bond donors (Lipinski definition) is 1. The average Bonchev–Trinajstić information content (AvgIpc) is 3.15. The van der Waals surface area contributed by atoms with E-state index in [0.29, 0.717) is 44.7 Å². The molecule has 3 aromatic rings. The Labute approximate surface area is 162 Å². The molecule has 0 atom stereocenters. The average molecular weight is 378 g/mol. The minimum absolute atomic E-state index is 0.00862. The first-order valence-electron chi connectivity index (χ1n) is 9.50. The van der Waals surface area contributed by atoms with Gasteiger partial charge >= 0.3 is 5.97 Å². The van der Waals surface area contributed by atoms with Gasteiger partial charge in [0.05, 0.1) is 5.41 Å². The third-order valence-electron chi connectivity index (χ3n) is 5.60. The van der Waals surface area contributed by atoms with Gasteiger partial charge in [0.15, 0.2) is 11.5 Å². The summed E-state index contributed by atoms with van der Waals surface area (Å²) in [6.07, 6.45) is 1.58. The molecule has 4 rings (SSSR count). The molecule has 6 heteroatoms. The highest BCUT2D eigenvalue weighted by atomic mass is 16.4. The normalized spacial score (nSPS) is 16.2. The van der Waals surface area contributed by atoms with Gasteiger partial charge in [-0.25, -0.2) is 4.98 Å². The van der Waals surface area contributed by atoms with Gasteiger partial charge in [0.2, 0.25) is 5.91 Å². The van der Waals surface area contributed by atoms with Gasteiger partial charge < -0.3 is 14.4 Å². The minimum atomic E-state index is -0.918. The van der Waals surface area contributed by atoms with E-state index < -0.39 is 11.4 Å². The van der Waals surface area contributed by atoms with Crippen molar-refractivity contribution in [2.75, 3.05) is 13.1 Å². The summed E-state index contributed by atoms with van der Waals surface area (Å²) in [4.78, 5) is 30.8. The molecule has 1 aliphatic heterocycles. The standard InChI is InChI=1S/C22H22N2O4/c25-20(11-10-19-23-17-8-4-5-9-18(17)28-19)24-14-12-22(13-15-24,21(26)27)16-6-2-1-3-7-16/h1-9H,10-15H2,(H,26,27). The second-order valence-electron chi connectivity index (χ2n) is 7.21. The van der Waals surface area contributed by atoms with Gasteiger partial charge in [-0.2, -0.15) is 0 Å². The molecular formula is C22H22N2O4. The maximum atomic E-state index is 12.6. The molecule has 1 saturated heterocycles. The number of carboxylic acids is 1. The first-order chi connectivity index (χ1) is 13.6. The van der Waals surface area contributed by atoms with E-state index in [2.05, 4.69) is 4.98 Å². The van der Waals surface area contributed by atoms with Crippen LogP contribution in [0.1, 0.15) is 30.7 Å². The highest BCUT2D eigenvalue weighted by Gasteiger charge is 2.43. The first kappa shape index (κ1) is 18.2. The number of aryl methyl sites for hydroxylation is 1. The van der Waals surface area contributed by atoms with E-state index in [1.54, 1.807) is 4.90 Å². The lowest BCUT2D eigenvalue weighted by atomic mass is 9.73. The lowest BCUT2D eigenvalue weighted by Gasteiger charge is -2.39. The Morgan fingerprint density at radius 3 is 2.39 bits per heavy atom. The maximum Gasteiger partial charge on any atom is 0.314 e. The van der Waals surface area contributed by atoms with Crippen LogP contribution < -0.4 is 0 Å². The number of benzene rings is 2. The van der Waals surface area contributed by atoms with Crippen molar-refractivity contribution in [3.05, 3.63) is 66.1 Å². The topological polar surface area (TPSA) is 83.6 Å². The van der Waals surface area contributed by atoms with Crippen LogP contribution in [-0.2, 0) is 21.4 Å². The van der Waals surface area contributed by atoms with E-state index in [1.807, 2.05) is 54.6 Å². The Balaban J connectivity index is 1.38. The van der Waals surface area contributed by atoms with Crippen LogP contribution >= 0.6 is 0 Å². The van der Waals surface area contributed by atoms with E-state index in [9.17, 15) is 14.7 Å². The highest BCUT2D eigenvalue weighted by molar-refractivity contribution is 5.83. The van der Waals surface area contributed by atoms with E-state index in [4.69, 9.17) is 4.42 Å². The van der Waals surface area contributed by atoms with E-state index in [-0.39, 0.29) is 5.91 Å². The van der Waals surface area contributed by atoms with Crippen LogP contribution in [0.15, 0.2) is 59.0 Å². The fraction of sp³-hybridized carbons (Fsp3) is 0.318. The van der Waals surface area contributed by atoms with Crippen LogP contribution in [0.25, 0.3) is 11.1 Å². The lowest BCUT2D eigenvalue weighted by molar-refractivity contribution is -0.148. The lowest BCUT2D eigenvalue weighted by Crippen LogP contribution is -2.49. The van der Waals surface area contributed by atoms with Gasteiger partial charge in [0, 0.05) is 25.9 Å². The second-order valence-corrected chi connectivity index (χ2v) is 7.21. The van der Waals surface area contributed by atoms with Crippen LogP contribution in [0.3, 0.4) is 0 Å². The van der Waals surface area contributed by atoms with Gasteiger partial charge in [-0.1, -0.05) is 42.5 Å². The summed E-state index contributed by atoms with van der Waals surface area (Å²) in [6, 6.07) is 16.8. The van der Waals surface area contributed by atoms with Crippen LogP contribution in [0, 0.1) is 0 Å². The first-order valence-corrected chi connectivity index (χ1v) is 9.50. The SMILES string of the molecule is O=C(CCc1nc2ccccc2o1)N1CCC(C(=O)O)(c2ccccc2)CC1. The number of rotatable bonds is 5. The van der Waals surface area contributed by atoms with Crippen LogP contribution in [0.4, 0.5) is 0 Å². The Hall–Kier alpha value is -3.15. The fourth-order valence-corrected chi connectivity index (χ4v) is 3.92. The Kier molecular flexibility index (Phi) is 4.86. The molecule has 28 heavy (non-hydrogen) atoms. The Morgan fingerprint density at radius 2 is 1.71 bits per heavy atom. The molecule has 0 bridgehead atoms. The zero-order valence-corrected chi connectivity index (χ0v) is 15.5. The number of carboxylic acid groups (broad SMARTS) is 1. The van der Waals surface area contributed by atoms with Gasteiger partial charge in [-0.15, -0.1) is 0 Å². The number of nitrogens with zero attached hydrogens (tertiary/aromatic N) is 2. The molecule has 0 spiro atoms. The molecule has 0 unspecified atom stereocenters. The van der Waals surface area contributed by atoms with Crippen molar-refractivity contribution in [3.63, 3.8) is 0 Å². The predicted molar refractivity (Wildman–Crippen MR) is 104 cm³/mol. The van der Waals surface area contributed by atoms with Crippen molar-refractivity contribution in [2.45, 2.75) is 31.1 Å². The highest BCUT2D eigenvalue weighted by Crippen LogP contribution is 2.36. The summed E-state index contributed by atoms with van der Waals surface area (Å²) < 4.78 is 5.67. The molecule has 0 radical (unpaired) electrons. The molecule has 2 aromatic carbocycles. The Bertz CT molecular complexity index is 955. The zero-order chi connectivity index (χ0) is 19.6. The van der Waals surface area contributed by atoms with Crippen LogP contribution in [0.2, 0.25) is 0 Å². The second kappa shape index (κ2) is 7.46. The van der Waals surface area contributed by atoms with Crippen LogP contribution in [0.5, 0.6) is 0 Å². The number of aliphatic carboxylic acids is 1. The molecule has 1 fully saturated rings. The van der Waals surface area contributed by atoms with Crippen molar-refractivity contribution in [1.82, 2.24) is 9.88 Å². The molecule has 1 aliphatic rings. The van der Waals surface area contributed by atoms with Gasteiger partial charge in [0.25, 0.3) is 0 Å². The fourth-order valence-electron chi connectivity index (χ4n) is 3.92. The summed E-state index contributed by atoms with van der Waals surface area (Å²) in [5, 5.41) is 9.86. The number of carbonyl (C=O) groups is 2. The van der Waals surface area contributed by atoms with Crippen LogP contribution in [-0.4, -0.2) is 40.0 Å². The third kappa shape index (κ3) is 3.38. The molecule has 2 heterocycles. The molecular weight excluding hydrogens is 356 g/mol. The molecule has 1 amide bonds. The molecule has 144 valence electrons. The number of oxazole rings is 1. The summed E-state index contributed by atoms with van der Waals surface area (Å²) in [5.41, 5.74) is 1.40. The number of likely N-dealkylation sites (tertiary alicyclic amines) is 1. The van der Waals surface area contributed by atoms with E-state index in [1.165, 1.54) is 0 Å². The zero-order valence-electron chi connectivity index (χ0n) is 15.5. The number of amides is 1. The molecule has 6 nitrogen and oxygen atoms in total. The summed E-state index contributed by atoms with van der Waals surface area (Å²) in [7, 11) is 0. The van der Waals surface area contributed by atoms with Gasteiger partial charge in [-0.3, -0.25) is 9.59 Å². The largest absolute Gasteiger partial charge is 0.481 e. The molecule has 0 saturated carbocycles. The Morgan fingerprint density at radius 1 is 1.04 bits per heavy atom. The van der Waals surface area contributed by atoms with Crippen molar-refractivity contribution in [1.29, 1.82) is 0 Å². The summed E-state index contributed by atoms with van der Waals surface area (Å²) in [5.74, 6) is -0.262. The van der Waals surface area contributed by atoms with Crippen molar-refractivity contribution in [3.8, 4) is 0 Å². The predicted octanol–water partition coefficient (Wildman–Crippen LogP) is 3.41. The number of hydrogen-bond acceptors (Lipinski definition) is 4. The quantitative estimate of drug-likeness (QED) is 0.736. The number of aromatic nitrogens is 1. The molecule has 0 aliphatic carbocycles. The van der Waals surface area contributed by atoms with Gasteiger partial charge in [0.1, 0.15) is 5.52 Å². The smallest absolute Gasteiger partial charge is 0.314 e. The summed E-state index contributed by atoms with van der Waals surface area (Å²) >= 11 is 0. The number of piperidine rings is 1. The van der Waals surface area contributed by atoms with E-state index in [0.717, 1.165) is 16.7 Å². The third-order valence-corrected chi connectivity index (χ3v) is 5.60. The molecule has 1 N–H and O–H groups in total.